The fourth-order valence-electron chi connectivity index (χ4n) is 9.42. The third-order valence-corrected chi connectivity index (χ3v) is 12.9. The lowest BCUT2D eigenvalue weighted by Crippen LogP contribution is -2.47. The highest BCUT2D eigenvalue weighted by atomic mass is 19.4. The summed E-state index contributed by atoms with van der Waals surface area (Å²) in [5.74, 6) is -1.49. The van der Waals surface area contributed by atoms with Gasteiger partial charge in [-0.25, -0.2) is 0 Å². The van der Waals surface area contributed by atoms with Crippen molar-refractivity contribution in [2.75, 3.05) is 39.3 Å². The monoisotopic (exact) mass is 1000 g/mol. The average molecular weight is 1000 g/mol. The molecule has 72 heavy (non-hydrogen) atoms. The number of rotatable bonds is 21. The number of nitrogens with zero attached hydrogens (tertiary/aromatic N) is 1. The molecule has 0 fully saturated rings. The maximum atomic E-state index is 14.1. The number of alkyl halides is 9. The second kappa shape index (κ2) is 23.1. The molecule has 0 radical (unpaired) electrons. The highest BCUT2D eigenvalue weighted by molar-refractivity contribution is 6.02. The lowest BCUT2D eigenvalue weighted by atomic mass is 9.73. The summed E-state index contributed by atoms with van der Waals surface area (Å²) in [5, 5.41) is 8.04. The first-order chi connectivity index (χ1) is 34.4. The van der Waals surface area contributed by atoms with Crippen molar-refractivity contribution in [2.45, 2.75) is 68.9 Å². The van der Waals surface area contributed by atoms with Crippen LogP contribution in [0, 0.1) is 0 Å². The van der Waals surface area contributed by atoms with Gasteiger partial charge in [0.25, 0.3) is 11.8 Å². The van der Waals surface area contributed by atoms with Crippen molar-refractivity contribution in [1.29, 1.82) is 0 Å². The molecule has 7 rings (SSSR count). The summed E-state index contributed by atoms with van der Waals surface area (Å²) in [4.78, 5) is 43.1. The van der Waals surface area contributed by atoms with Gasteiger partial charge in [-0.1, -0.05) is 122 Å². The summed E-state index contributed by atoms with van der Waals surface area (Å²) < 4.78 is 120. The van der Waals surface area contributed by atoms with Crippen LogP contribution < -0.4 is 16.0 Å². The molecule has 0 saturated carbocycles. The van der Waals surface area contributed by atoms with E-state index in [1.165, 1.54) is 24.3 Å². The highest BCUT2D eigenvalue weighted by Crippen LogP contribution is 2.51. The molecule has 0 bridgehead atoms. The van der Waals surface area contributed by atoms with Gasteiger partial charge in [0, 0.05) is 24.2 Å². The Kier molecular flexibility index (Phi) is 16.9. The quantitative estimate of drug-likeness (QED) is 0.0495. The third-order valence-electron chi connectivity index (χ3n) is 12.9. The van der Waals surface area contributed by atoms with Gasteiger partial charge in [0.15, 0.2) is 0 Å². The minimum absolute atomic E-state index is 0.245. The van der Waals surface area contributed by atoms with Crippen LogP contribution in [0.2, 0.25) is 0 Å². The van der Waals surface area contributed by atoms with E-state index in [9.17, 15) is 53.9 Å². The van der Waals surface area contributed by atoms with Crippen LogP contribution in [-0.4, -0.2) is 68.1 Å². The molecule has 0 spiro atoms. The van der Waals surface area contributed by atoms with E-state index in [1.807, 2.05) is 24.3 Å². The SMILES string of the molecule is O=C(NCCCCCN(CCCCC1(C(=O)NCC(F)(F)F)c2ccccc2-c2ccccc21)CCCNC(=O)c1ccccc1-c1ccc(C(F)(F)F)cc1)c1ccccc1-c1ccc(C(F)(F)F)cc1. The van der Waals surface area contributed by atoms with Crippen LogP contribution >= 0.6 is 0 Å². The topological polar surface area (TPSA) is 90.5 Å². The largest absolute Gasteiger partial charge is 0.416 e. The molecule has 0 atom stereocenters. The number of fused-ring (bicyclic) bond motifs is 3. The lowest BCUT2D eigenvalue weighted by molar-refractivity contribution is -0.141. The molecule has 378 valence electrons. The summed E-state index contributed by atoms with van der Waals surface area (Å²) in [5.41, 5.74) is 2.43. The standard InChI is InChI=1S/C56H53F9N4O3/c57-54(58,59)37-68-52(72)53(48-21-8-6-17-44(48)45-18-7-9-22-49(45)53)31-10-13-35-69(36-14-33-67-51(71)47-20-5-3-16-43(47)39-25-29-41(30-26-39)56(63,64)65)34-12-1-11-32-66-50(70)46-19-4-2-15-42(46)38-23-27-40(28-24-38)55(60,61)62/h2-9,15-30H,1,10-14,31-37H2,(H,66,70)(H,67,71)(H,68,72). The second-order valence-corrected chi connectivity index (χ2v) is 17.8. The Labute approximate surface area is 411 Å². The predicted molar refractivity (Wildman–Crippen MR) is 259 cm³/mol. The number of hydrogen-bond acceptors (Lipinski definition) is 4. The number of amides is 3. The van der Waals surface area contributed by atoms with Crippen molar-refractivity contribution in [2.24, 2.45) is 0 Å². The zero-order chi connectivity index (χ0) is 51.5. The van der Waals surface area contributed by atoms with E-state index in [2.05, 4.69) is 20.9 Å². The number of nitrogens with one attached hydrogen (secondary N) is 3. The Hall–Kier alpha value is -6.94. The lowest BCUT2D eigenvalue weighted by Gasteiger charge is -2.31. The molecule has 3 amide bonds. The van der Waals surface area contributed by atoms with Crippen LogP contribution in [0.3, 0.4) is 0 Å². The van der Waals surface area contributed by atoms with Crippen molar-refractivity contribution in [3.05, 3.63) is 179 Å². The van der Waals surface area contributed by atoms with E-state index in [4.69, 9.17) is 0 Å². The smallest absolute Gasteiger partial charge is 0.352 e. The summed E-state index contributed by atoms with van der Waals surface area (Å²) in [6.07, 6.45) is -9.74. The van der Waals surface area contributed by atoms with E-state index in [-0.39, 0.29) is 18.9 Å². The Bertz CT molecular complexity index is 2760. The number of halogens is 9. The van der Waals surface area contributed by atoms with E-state index >= 15 is 0 Å². The molecule has 0 aromatic heterocycles. The number of unbranched alkanes of at least 4 members (excludes halogenated alkanes) is 3. The van der Waals surface area contributed by atoms with Gasteiger partial charge in [-0.2, -0.15) is 39.5 Å². The zero-order valence-corrected chi connectivity index (χ0v) is 39.1. The molecular formula is C56H53F9N4O3. The van der Waals surface area contributed by atoms with E-state index in [0.29, 0.717) is 103 Å². The maximum Gasteiger partial charge on any atom is 0.416 e. The van der Waals surface area contributed by atoms with E-state index in [1.54, 1.807) is 72.8 Å². The fraction of sp³-hybridized carbons (Fsp3) is 0.304. The molecular weight excluding hydrogens is 948 g/mol. The van der Waals surface area contributed by atoms with Crippen LogP contribution in [0.15, 0.2) is 146 Å². The summed E-state index contributed by atoms with van der Waals surface area (Å²) >= 11 is 0. The average Bonchev–Trinajstić information content (AvgIpc) is 3.65. The number of carbonyl (C=O) groups excluding carboxylic acids is 3. The van der Waals surface area contributed by atoms with Gasteiger partial charge in [0.2, 0.25) is 5.91 Å². The van der Waals surface area contributed by atoms with Crippen LogP contribution in [0.1, 0.15) is 87.9 Å². The Morgan fingerprint density at radius 1 is 0.431 bits per heavy atom. The van der Waals surface area contributed by atoms with E-state index in [0.717, 1.165) is 41.8 Å². The molecule has 7 nitrogen and oxygen atoms in total. The molecule has 0 aliphatic heterocycles. The molecule has 6 aromatic carbocycles. The van der Waals surface area contributed by atoms with Crippen LogP contribution in [-0.2, 0) is 22.6 Å². The summed E-state index contributed by atoms with van der Waals surface area (Å²) in [6, 6.07) is 37.1. The van der Waals surface area contributed by atoms with Gasteiger partial charge < -0.3 is 20.9 Å². The predicted octanol–water partition coefficient (Wildman–Crippen LogP) is 12.9. The van der Waals surface area contributed by atoms with Crippen LogP contribution in [0.4, 0.5) is 39.5 Å². The van der Waals surface area contributed by atoms with Crippen molar-refractivity contribution < 1.29 is 53.9 Å². The van der Waals surface area contributed by atoms with E-state index < -0.39 is 53.4 Å². The second-order valence-electron chi connectivity index (χ2n) is 17.8. The van der Waals surface area contributed by atoms with Crippen molar-refractivity contribution in [3.63, 3.8) is 0 Å². The van der Waals surface area contributed by atoms with Crippen molar-refractivity contribution in [1.82, 2.24) is 20.9 Å². The number of hydrogen-bond donors (Lipinski definition) is 3. The molecule has 0 unspecified atom stereocenters. The normalized spacial score (nSPS) is 13.1. The minimum atomic E-state index is -4.61. The molecule has 3 N–H and O–H groups in total. The first-order valence-corrected chi connectivity index (χ1v) is 23.7. The fourth-order valence-corrected chi connectivity index (χ4v) is 9.42. The minimum Gasteiger partial charge on any atom is -0.352 e. The summed E-state index contributed by atoms with van der Waals surface area (Å²) in [6.45, 7) is 0.863. The molecule has 1 aliphatic rings. The van der Waals surface area contributed by atoms with Crippen molar-refractivity contribution >= 4 is 17.7 Å². The molecule has 6 aromatic rings. The molecule has 0 saturated heterocycles. The maximum absolute atomic E-state index is 14.1. The summed E-state index contributed by atoms with van der Waals surface area (Å²) in [7, 11) is 0. The van der Waals surface area contributed by atoms with Crippen molar-refractivity contribution in [3.8, 4) is 33.4 Å². The first kappa shape index (κ1) is 52.9. The molecule has 1 aliphatic carbocycles. The molecule has 0 heterocycles. The van der Waals surface area contributed by atoms with Gasteiger partial charge in [0.05, 0.1) is 11.1 Å². The van der Waals surface area contributed by atoms with Crippen LogP contribution in [0.5, 0.6) is 0 Å². The van der Waals surface area contributed by atoms with Gasteiger partial charge in [0.1, 0.15) is 12.0 Å². The first-order valence-electron chi connectivity index (χ1n) is 23.7. The number of benzene rings is 6. The number of carbonyl (C=O) groups is 3. The Morgan fingerprint density at radius 3 is 1.29 bits per heavy atom. The van der Waals surface area contributed by atoms with Gasteiger partial charge in [-0.05, 0) is 133 Å². The van der Waals surface area contributed by atoms with Crippen LogP contribution in [0.25, 0.3) is 33.4 Å². The molecule has 16 heteroatoms. The Balaban J connectivity index is 0.984. The van der Waals surface area contributed by atoms with Gasteiger partial charge in [-0.3, -0.25) is 14.4 Å². The highest BCUT2D eigenvalue weighted by Gasteiger charge is 2.49. The zero-order valence-electron chi connectivity index (χ0n) is 39.1. The van der Waals surface area contributed by atoms with Gasteiger partial charge >= 0.3 is 18.5 Å². The van der Waals surface area contributed by atoms with Gasteiger partial charge in [-0.15, -0.1) is 0 Å². The third kappa shape index (κ3) is 12.9. The Morgan fingerprint density at radius 2 is 0.833 bits per heavy atom.